The number of nitrogens with zero attached hydrogens (tertiary/aromatic N) is 2. The van der Waals surface area contributed by atoms with Gasteiger partial charge in [-0.05, 0) is 45.7 Å². The molecule has 0 fully saturated rings. The van der Waals surface area contributed by atoms with E-state index in [1.165, 1.54) is 12.3 Å². The minimum atomic E-state index is -4.48. The third-order valence-electron chi connectivity index (χ3n) is 2.20. The Morgan fingerprint density at radius 3 is 2.50 bits per heavy atom. The second-order valence-corrected chi connectivity index (χ2v) is 5.32. The van der Waals surface area contributed by atoms with Gasteiger partial charge in [0.1, 0.15) is 5.82 Å². The summed E-state index contributed by atoms with van der Waals surface area (Å²) < 4.78 is 38.5. The summed E-state index contributed by atoms with van der Waals surface area (Å²) >= 11 is 14.5. The summed E-state index contributed by atoms with van der Waals surface area (Å²) in [4.78, 5) is 7.58. The summed E-state index contributed by atoms with van der Waals surface area (Å²) in [5.74, 6) is 0.236. The van der Waals surface area contributed by atoms with Crippen LogP contribution in [0, 0.1) is 0 Å². The summed E-state index contributed by atoms with van der Waals surface area (Å²) in [5, 5.41) is 2.62. The maximum atomic E-state index is 12.7. The van der Waals surface area contributed by atoms with Crippen molar-refractivity contribution in [3.8, 4) is 0 Å². The van der Waals surface area contributed by atoms with Crippen LogP contribution in [0.15, 0.2) is 28.9 Å². The van der Waals surface area contributed by atoms with Crippen LogP contribution in [0.4, 0.5) is 24.7 Å². The SMILES string of the molecule is FC(F)(F)c1cc(Cl)cc(Nc2nc(Cl)ncc2Br)c1. The lowest BCUT2D eigenvalue weighted by atomic mass is 10.2. The first-order chi connectivity index (χ1) is 9.25. The molecule has 0 aliphatic carbocycles. The van der Waals surface area contributed by atoms with E-state index in [2.05, 4.69) is 31.2 Å². The molecule has 0 saturated heterocycles. The maximum absolute atomic E-state index is 12.7. The number of nitrogens with one attached hydrogen (secondary N) is 1. The van der Waals surface area contributed by atoms with Crippen LogP contribution < -0.4 is 5.32 Å². The van der Waals surface area contributed by atoms with Crippen LogP contribution >= 0.6 is 39.1 Å². The van der Waals surface area contributed by atoms with Gasteiger partial charge in [0.25, 0.3) is 0 Å². The zero-order valence-electron chi connectivity index (χ0n) is 9.47. The Morgan fingerprint density at radius 2 is 1.85 bits per heavy atom. The molecule has 0 aliphatic rings. The molecule has 1 N–H and O–H groups in total. The minimum absolute atomic E-state index is 0.0335. The Hall–Kier alpha value is -1.05. The van der Waals surface area contributed by atoms with E-state index < -0.39 is 11.7 Å². The van der Waals surface area contributed by atoms with Crippen molar-refractivity contribution < 1.29 is 13.2 Å². The summed E-state index contributed by atoms with van der Waals surface area (Å²) in [6.45, 7) is 0. The van der Waals surface area contributed by atoms with E-state index in [1.54, 1.807) is 0 Å². The van der Waals surface area contributed by atoms with Gasteiger partial charge in [-0.25, -0.2) is 4.98 Å². The van der Waals surface area contributed by atoms with Gasteiger partial charge >= 0.3 is 6.18 Å². The lowest BCUT2D eigenvalue weighted by Gasteiger charge is -2.12. The van der Waals surface area contributed by atoms with Gasteiger partial charge in [0.15, 0.2) is 0 Å². The topological polar surface area (TPSA) is 37.8 Å². The molecule has 0 bridgehead atoms. The number of halogens is 6. The first-order valence-electron chi connectivity index (χ1n) is 5.08. The molecule has 0 unspecified atom stereocenters. The van der Waals surface area contributed by atoms with Gasteiger partial charge < -0.3 is 5.32 Å². The van der Waals surface area contributed by atoms with Gasteiger partial charge in [0.2, 0.25) is 5.28 Å². The fraction of sp³-hybridized carbons (Fsp3) is 0.0909. The van der Waals surface area contributed by atoms with Crippen LogP contribution in [0.25, 0.3) is 0 Å². The summed E-state index contributed by atoms with van der Waals surface area (Å²) in [5.41, 5.74) is -0.718. The highest BCUT2D eigenvalue weighted by Crippen LogP contribution is 2.34. The maximum Gasteiger partial charge on any atom is 0.416 e. The van der Waals surface area contributed by atoms with Crippen LogP contribution in [0.3, 0.4) is 0 Å². The number of anilines is 2. The van der Waals surface area contributed by atoms with Crippen LogP contribution in [-0.4, -0.2) is 9.97 Å². The molecule has 1 aromatic heterocycles. The largest absolute Gasteiger partial charge is 0.416 e. The Morgan fingerprint density at radius 1 is 1.15 bits per heavy atom. The molecular formula is C11H5BrCl2F3N3. The number of hydrogen-bond acceptors (Lipinski definition) is 3. The highest BCUT2D eigenvalue weighted by molar-refractivity contribution is 9.10. The van der Waals surface area contributed by atoms with Crippen molar-refractivity contribution in [2.24, 2.45) is 0 Å². The van der Waals surface area contributed by atoms with Crippen LogP contribution in [0.5, 0.6) is 0 Å². The number of rotatable bonds is 2. The van der Waals surface area contributed by atoms with Crippen molar-refractivity contribution in [2.75, 3.05) is 5.32 Å². The van der Waals surface area contributed by atoms with E-state index in [1.807, 2.05) is 0 Å². The molecule has 0 atom stereocenters. The predicted molar refractivity (Wildman–Crippen MR) is 74.5 cm³/mol. The molecule has 0 saturated carbocycles. The average molecular weight is 387 g/mol. The number of alkyl halides is 3. The van der Waals surface area contributed by atoms with E-state index in [0.29, 0.717) is 4.47 Å². The third-order valence-corrected chi connectivity index (χ3v) is 3.18. The van der Waals surface area contributed by atoms with Crippen LogP contribution in [0.1, 0.15) is 5.56 Å². The first-order valence-corrected chi connectivity index (χ1v) is 6.63. The quantitative estimate of drug-likeness (QED) is 0.711. The number of hydrogen-bond donors (Lipinski definition) is 1. The first kappa shape index (κ1) is 15.3. The molecule has 2 rings (SSSR count). The fourth-order valence-corrected chi connectivity index (χ4v) is 2.05. The lowest BCUT2D eigenvalue weighted by molar-refractivity contribution is -0.137. The minimum Gasteiger partial charge on any atom is -0.339 e. The molecular weight excluding hydrogens is 382 g/mol. The van der Waals surface area contributed by atoms with Crippen molar-refractivity contribution in [3.63, 3.8) is 0 Å². The van der Waals surface area contributed by atoms with Crippen LogP contribution in [-0.2, 0) is 6.18 Å². The van der Waals surface area contributed by atoms with Crippen LogP contribution in [0.2, 0.25) is 10.3 Å². The second kappa shape index (κ2) is 5.75. The lowest BCUT2D eigenvalue weighted by Crippen LogP contribution is -2.06. The molecule has 3 nitrogen and oxygen atoms in total. The summed E-state index contributed by atoms with van der Waals surface area (Å²) in [7, 11) is 0. The van der Waals surface area contributed by atoms with E-state index in [9.17, 15) is 13.2 Å². The Balaban J connectivity index is 2.39. The van der Waals surface area contributed by atoms with Crippen molar-refractivity contribution >= 4 is 50.6 Å². The molecule has 20 heavy (non-hydrogen) atoms. The van der Waals surface area contributed by atoms with Gasteiger partial charge in [-0.15, -0.1) is 0 Å². The molecule has 1 heterocycles. The zero-order chi connectivity index (χ0) is 14.9. The van der Waals surface area contributed by atoms with Gasteiger partial charge in [0, 0.05) is 16.9 Å². The monoisotopic (exact) mass is 385 g/mol. The van der Waals surface area contributed by atoms with Crippen molar-refractivity contribution in [2.45, 2.75) is 6.18 Å². The second-order valence-electron chi connectivity index (χ2n) is 3.69. The summed E-state index contributed by atoms with van der Waals surface area (Å²) in [6, 6.07) is 3.11. The van der Waals surface area contributed by atoms with Gasteiger partial charge in [0.05, 0.1) is 10.0 Å². The third kappa shape index (κ3) is 3.74. The average Bonchev–Trinajstić information content (AvgIpc) is 2.32. The highest BCUT2D eigenvalue weighted by atomic mass is 79.9. The van der Waals surface area contributed by atoms with Gasteiger partial charge in [-0.1, -0.05) is 11.6 Å². The molecule has 0 radical (unpaired) electrons. The van der Waals surface area contributed by atoms with E-state index in [-0.39, 0.29) is 21.8 Å². The molecule has 0 amide bonds. The predicted octanol–water partition coefficient (Wildman–Crippen LogP) is 5.31. The van der Waals surface area contributed by atoms with E-state index >= 15 is 0 Å². The molecule has 9 heteroatoms. The highest BCUT2D eigenvalue weighted by Gasteiger charge is 2.31. The zero-order valence-corrected chi connectivity index (χ0v) is 12.6. The van der Waals surface area contributed by atoms with E-state index in [4.69, 9.17) is 23.2 Å². The van der Waals surface area contributed by atoms with Crippen molar-refractivity contribution in [3.05, 3.63) is 44.7 Å². The van der Waals surface area contributed by atoms with Gasteiger partial charge in [-0.3, -0.25) is 0 Å². The van der Waals surface area contributed by atoms with Crippen molar-refractivity contribution in [1.29, 1.82) is 0 Å². The molecule has 106 valence electrons. The smallest absolute Gasteiger partial charge is 0.339 e. The van der Waals surface area contributed by atoms with Gasteiger partial charge in [-0.2, -0.15) is 18.2 Å². The van der Waals surface area contributed by atoms with E-state index in [0.717, 1.165) is 12.1 Å². The number of benzene rings is 1. The number of aromatic nitrogens is 2. The molecule has 0 aliphatic heterocycles. The summed E-state index contributed by atoms with van der Waals surface area (Å²) in [6.07, 6.45) is -3.10. The Kier molecular flexibility index (Phi) is 4.41. The normalized spacial score (nSPS) is 11.5. The van der Waals surface area contributed by atoms with Crippen molar-refractivity contribution in [1.82, 2.24) is 9.97 Å². The molecule has 1 aromatic carbocycles. The standard InChI is InChI=1S/C11H5BrCl2F3N3/c12-8-4-18-10(14)20-9(8)19-7-2-5(11(15,16)17)1-6(13)3-7/h1-4H,(H,18,19,20). The fourth-order valence-electron chi connectivity index (χ4n) is 1.40. The Bertz CT molecular complexity index is 649. The molecule has 2 aromatic rings. The molecule has 0 spiro atoms. The Labute approximate surface area is 130 Å².